The zero-order valence-electron chi connectivity index (χ0n) is 11.0. The molecule has 0 saturated heterocycles. The second-order valence-electron chi connectivity index (χ2n) is 4.43. The number of rotatable bonds is 4. The minimum absolute atomic E-state index is 0.250. The van der Waals surface area contributed by atoms with Crippen molar-refractivity contribution in [2.75, 3.05) is 11.4 Å². The highest BCUT2D eigenvalue weighted by molar-refractivity contribution is 5.85. The van der Waals surface area contributed by atoms with Crippen LogP contribution in [-0.4, -0.2) is 26.5 Å². The summed E-state index contributed by atoms with van der Waals surface area (Å²) in [6, 6.07) is 6.39. The maximum atomic E-state index is 13.1. The van der Waals surface area contributed by atoms with Crippen molar-refractivity contribution < 1.29 is 4.39 Å². The molecule has 0 aliphatic heterocycles. The number of imidazole rings is 1. The van der Waals surface area contributed by atoms with Crippen molar-refractivity contribution >= 4 is 22.7 Å². The van der Waals surface area contributed by atoms with E-state index >= 15 is 0 Å². The molecule has 6 heteroatoms. The van der Waals surface area contributed by atoms with Crippen LogP contribution in [-0.2, 0) is 0 Å². The van der Waals surface area contributed by atoms with Gasteiger partial charge >= 0.3 is 0 Å². The Labute approximate surface area is 115 Å². The first-order chi connectivity index (χ1) is 9.79. The van der Waals surface area contributed by atoms with Crippen molar-refractivity contribution in [2.24, 2.45) is 0 Å². The molecule has 2 aromatic heterocycles. The monoisotopic (exact) mass is 271 g/mol. The summed E-state index contributed by atoms with van der Waals surface area (Å²) >= 11 is 0. The molecule has 3 aromatic rings. The van der Waals surface area contributed by atoms with Crippen LogP contribution in [0.15, 0.2) is 36.9 Å². The van der Waals surface area contributed by atoms with Gasteiger partial charge in [-0.3, -0.25) is 0 Å². The summed E-state index contributed by atoms with van der Waals surface area (Å²) in [5.41, 5.74) is 2.30. The lowest BCUT2D eigenvalue weighted by atomic mass is 10.2. The number of hydrogen-bond donors (Lipinski definition) is 1. The smallest absolute Gasteiger partial charge is 0.182 e. The Morgan fingerprint density at radius 2 is 1.95 bits per heavy atom. The van der Waals surface area contributed by atoms with Gasteiger partial charge in [0.1, 0.15) is 17.7 Å². The Balaban J connectivity index is 2.10. The third-order valence-corrected chi connectivity index (χ3v) is 3.04. The number of fused-ring (bicyclic) bond motifs is 1. The number of anilines is 2. The lowest BCUT2D eigenvalue weighted by Gasteiger charge is -2.23. The molecule has 0 spiro atoms. The van der Waals surface area contributed by atoms with Crippen molar-refractivity contribution in [3.05, 3.63) is 42.7 Å². The van der Waals surface area contributed by atoms with Crippen LogP contribution < -0.4 is 4.90 Å². The summed E-state index contributed by atoms with van der Waals surface area (Å²) in [7, 11) is 0. The molecule has 0 fully saturated rings. The van der Waals surface area contributed by atoms with E-state index in [9.17, 15) is 4.39 Å². The van der Waals surface area contributed by atoms with Gasteiger partial charge < -0.3 is 9.88 Å². The van der Waals surface area contributed by atoms with E-state index in [0.717, 1.165) is 30.0 Å². The Kier molecular flexibility index (Phi) is 3.28. The largest absolute Gasteiger partial charge is 0.340 e. The van der Waals surface area contributed by atoms with Crippen LogP contribution in [0.2, 0.25) is 0 Å². The molecule has 1 aromatic carbocycles. The molecule has 0 saturated carbocycles. The molecule has 0 unspecified atom stereocenters. The van der Waals surface area contributed by atoms with E-state index in [1.807, 2.05) is 4.90 Å². The average molecular weight is 271 g/mol. The van der Waals surface area contributed by atoms with Crippen molar-refractivity contribution in [1.82, 2.24) is 19.9 Å². The van der Waals surface area contributed by atoms with Gasteiger partial charge in [0.05, 0.1) is 6.33 Å². The van der Waals surface area contributed by atoms with Gasteiger partial charge in [0.2, 0.25) is 0 Å². The Morgan fingerprint density at radius 1 is 1.15 bits per heavy atom. The molecule has 102 valence electrons. The Bertz CT molecular complexity index is 707. The third-order valence-electron chi connectivity index (χ3n) is 3.04. The van der Waals surface area contributed by atoms with Gasteiger partial charge in [0.25, 0.3) is 0 Å². The highest BCUT2D eigenvalue weighted by Crippen LogP contribution is 2.28. The van der Waals surface area contributed by atoms with Crippen LogP contribution in [0.3, 0.4) is 0 Å². The van der Waals surface area contributed by atoms with Gasteiger partial charge in [-0.15, -0.1) is 0 Å². The van der Waals surface area contributed by atoms with Gasteiger partial charge in [0, 0.05) is 12.2 Å². The molecule has 0 radical (unpaired) electrons. The molecule has 5 nitrogen and oxygen atoms in total. The van der Waals surface area contributed by atoms with E-state index in [1.165, 1.54) is 18.5 Å². The van der Waals surface area contributed by atoms with Crippen LogP contribution in [0.5, 0.6) is 0 Å². The van der Waals surface area contributed by atoms with Crippen molar-refractivity contribution in [2.45, 2.75) is 13.3 Å². The SMILES string of the molecule is CCCN(c1ccc(F)cc1)c1ncnc2nc[nH]c12. The first kappa shape index (κ1) is 12.5. The topological polar surface area (TPSA) is 57.7 Å². The van der Waals surface area contributed by atoms with E-state index in [1.54, 1.807) is 18.5 Å². The molecule has 1 N–H and O–H groups in total. The minimum Gasteiger partial charge on any atom is -0.340 e. The summed E-state index contributed by atoms with van der Waals surface area (Å²) < 4.78 is 13.1. The fourth-order valence-corrected chi connectivity index (χ4v) is 2.16. The van der Waals surface area contributed by atoms with Gasteiger partial charge in [-0.2, -0.15) is 0 Å². The quantitative estimate of drug-likeness (QED) is 0.792. The van der Waals surface area contributed by atoms with Crippen LogP contribution in [0.1, 0.15) is 13.3 Å². The average Bonchev–Trinajstić information content (AvgIpc) is 2.94. The van der Waals surface area contributed by atoms with E-state index in [4.69, 9.17) is 0 Å². The third kappa shape index (κ3) is 2.20. The molecular formula is C14H14FN5. The number of nitrogens with zero attached hydrogens (tertiary/aromatic N) is 4. The van der Waals surface area contributed by atoms with Crippen molar-refractivity contribution in [1.29, 1.82) is 0 Å². The standard InChI is InChI=1S/C14H14FN5/c1-2-7-20(11-5-3-10(15)4-6-11)14-12-13(17-8-16-12)18-9-19-14/h3-6,8-9H,2,7H2,1H3,(H,16,17,18,19). The first-order valence-electron chi connectivity index (χ1n) is 6.46. The molecule has 0 bridgehead atoms. The van der Waals surface area contributed by atoms with E-state index in [-0.39, 0.29) is 5.82 Å². The molecule has 0 amide bonds. The zero-order chi connectivity index (χ0) is 13.9. The first-order valence-corrected chi connectivity index (χ1v) is 6.46. The number of nitrogens with one attached hydrogen (secondary N) is 1. The highest BCUT2D eigenvalue weighted by Gasteiger charge is 2.15. The van der Waals surface area contributed by atoms with Crippen molar-refractivity contribution in [3.63, 3.8) is 0 Å². The van der Waals surface area contributed by atoms with Crippen LogP contribution >= 0.6 is 0 Å². The summed E-state index contributed by atoms with van der Waals surface area (Å²) in [4.78, 5) is 17.7. The van der Waals surface area contributed by atoms with E-state index in [2.05, 4.69) is 26.9 Å². The van der Waals surface area contributed by atoms with Gasteiger partial charge in [0.15, 0.2) is 11.5 Å². The lowest BCUT2D eigenvalue weighted by molar-refractivity contribution is 0.627. The van der Waals surface area contributed by atoms with E-state index < -0.39 is 0 Å². The molecule has 3 rings (SSSR count). The van der Waals surface area contributed by atoms with Crippen LogP contribution in [0, 0.1) is 5.82 Å². The second kappa shape index (κ2) is 5.24. The predicted molar refractivity (Wildman–Crippen MR) is 75.4 cm³/mol. The molecular weight excluding hydrogens is 257 g/mol. The summed E-state index contributed by atoms with van der Waals surface area (Å²) in [6.07, 6.45) is 4.03. The highest BCUT2D eigenvalue weighted by atomic mass is 19.1. The normalized spacial score (nSPS) is 10.9. The molecule has 0 atom stereocenters. The van der Waals surface area contributed by atoms with Crippen molar-refractivity contribution in [3.8, 4) is 0 Å². The predicted octanol–water partition coefficient (Wildman–Crippen LogP) is 3.04. The molecule has 20 heavy (non-hydrogen) atoms. The summed E-state index contributed by atoms with van der Waals surface area (Å²) in [5, 5.41) is 0. The minimum atomic E-state index is -0.250. The molecule has 2 heterocycles. The van der Waals surface area contributed by atoms with Crippen LogP contribution in [0.25, 0.3) is 11.2 Å². The molecule has 0 aliphatic rings. The van der Waals surface area contributed by atoms with Crippen LogP contribution in [0.4, 0.5) is 15.9 Å². The van der Waals surface area contributed by atoms with E-state index in [0.29, 0.717) is 5.65 Å². The van der Waals surface area contributed by atoms with Gasteiger partial charge in [-0.25, -0.2) is 19.3 Å². The fourth-order valence-electron chi connectivity index (χ4n) is 2.16. The summed E-state index contributed by atoms with van der Waals surface area (Å²) in [5.74, 6) is 0.500. The number of benzene rings is 1. The Morgan fingerprint density at radius 3 is 2.70 bits per heavy atom. The van der Waals surface area contributed by atoms with Gasteiger partial charge in [-0.1, -0.05) is 6.92 Å². The number of H-pyrrole nitrogens is 1. The van der Waals surface area contributed by atoms with Gasteiger partial charge in [-0.05, 0) is 30.7 Å². The summed E-state index contributed by atoms with van der Waals surface area (Å²) in [6.45, 7) is 2.86. The zero-order valence-corrected chi connectivity index (χ0v) is 11.0. The Hall–Kier alpha value is -2.50. The fraction of sp³-hybridized carbons (Fsp3) is 0.214. The lowest BCUT2D eigenvalue weighted by Crippen LogP contribution is -2.19. The number of aromatic nitrogens is 4. The maximum Gasteiger partial charge on any atom is 0.182 e. The molecule has 0 aliphatic carbocycles. The maximum absolute atomic E-state index is 13.1. The number of aromatic amines is 1. The second-order valence-corrected chi connectivity index (χ2v) is 4.43. The number of halogens is 1. The number of hydrogen-bond acceptors (Lipinski definition) is 4.